The van der Waals surface area contributed by atoms with Crippen LogP contribution in [-0.2, 0) is 4.79 Å². The summed E-state index contributed by atoms with van der Waals surface area (Å²) in [4.78, 5) is 10.9. The van der Waals surface area contributed by atoms with E-state index in [0.717, 1.165) is 5.56 Å². The van der Waals surface area contributed by atoms with Gasteiger partial charge in [-0.2, -0.15) is 0 Å². The number of aliphatic carboxylic acids is 1. The van der Waals surface area contributed by atoms with Gasteiger partial charge in [-0.1, -0.05) is 23.8 Å². The third kappa shape index (κ3) is 2.55. The quantitative estimate of drug-likeness (QED) is 0.830. The summed E-state index contributed by atoms with van der Waals surface area (Å²) in [6.07, 6.45) is -2.69. The average molecular weight is 229 g/mol. The first kappa shape index (κ1) is 12.6. The lowest BCUT2D eigenvalue weighted by Crippen LogP contribution is -2.22. The highest BCUT2D eigenvalue weighted by atomic mass is 19.3. The molecule has 0 aliphatic heterocycles. The summed E-state index contributed by atoms with van der Waals surface area (Å²) in [5.74, 6) is -2.26. The maximum atomic E-state index is 12.7. The second kappa shape index (κ2) is 5.03. The lowest BCUT2D eigenvalue weighted by Gasteiger charge is -2.15. The molecule has 0 heterocycles. The summed E-state index contributed by atoms with van der Waals surface area (Å²) in [6.45, 7) is 1.52. The second-order valence-electron chi connectivity index (χ2n) is 3.56. The van der Waals surface area contributed by atoms with Crippen molar-refractivity contribution in [3.63, 3.8) is 0 Å². The number of carboxylic acid groups (broad SMARTS) is 1. The number of halogens is 2. The predicted molar refractivity (Wildman–Crippen MR) is 55.6 cm³/mol. The molecule has 1 rings (SSSR count). The zero-order valence-corrected chi connectivity index (χ0v) is 8.78. The topological polar surface area (TPSA) is 63.3 Å². The third-order valence-electron chi connectivity index (χ3n) is 2.39. The molecule has 1 aromatic carbocycles. The summed E-state index contributed by atoms with van der Waals surface area (Å²) >= 11 is 0. The molecule has 0 aromatic heterocycles. The molecule has 1 unspecified atom stereocenters. The molecular weight excluding hydrogens is 216 g/mol. The van der Waals surface area contributed by atoms with Crippen LogP contribution in [0.2, 0.25) is 0 Å². The number of aryl methyl sites for hydroxylation is 1. The van der Waals surface area contributed by atoms with Gasteiger partial charge in [-0.25, -0.2) is 8.78 Å². The molecule has 0 saturated carbocycles. The van der Waals surface area contributed by atoms with Gasteiger partial charge in [0.15, 0.2) is 0 Å². The fraction of sp³-hybridized carbons (Fsp3) is 0.364. The molecule has 0 spiro atoms. The normalized spacial score (nSPS) is 12.8. The highest BCUT2D eigenvalue weighted by Crippen LogP contribution is 2.29. The number of hydrogen-bond acceptors (Lipinski definition) is 2. The largest absolute Gasteiger partial charge is 0.481 e. The van der Waals surface area contributed by atoms with Crippen LogP contribution >= 0.6 is 0 Å². The molecule has 3 nitrogen and oxygen atoms in total. The van der Waals surface area contributed by atoms with Crippen molar-refractivity contribution >= 4 is 5.97 Å². The fourth-order valence-electron chi connectivity index (χ4n) is 1.56. The van der Waals surface area contributed by atoms with E-state index >= 15 is 0 Å². The first-order valence-electron chi connectivity index (χ1n) is 4.78. The van der Waals surface area contributed by atoms with E-state index in [0.29, 0.717) is 0 Å². The third-order valence-corrected chi connectivity index (χ3v) is 2.39. The summed E-state index contributed by atoms with van der Waals surface area (Å²) in [7, 11) is 0. The number of nitrogens with two attached hydrogens (primary N) is 1. The van der Waals surface area contributed by atoms with Crippen LogP contribution in [0.1, 0.15) is 29.0 Å². The van der Waals surface area contributed by atoms with Crippen molar-refractivity contribution in [1.82, 2.24) is 0 Å². The second-order valence-corrected chi connectivity index (χ2v) is 3.56. The van der Waals surface area contributed by atoms with Gasteiger partial charge >= 0.3 is 5.97 Å². The molecule has 1 aromatic rings. The molecule has 0 aliphatic rings. The van der Waals surface area contributed by atoms with E-state index in [1.54, 1.807) is 6.92 Å². The highest BCUT2D eigenvalue weighted by Gasteiger charge is 2.24. The molecule has 0 radical (unpaired) electrons. The van der Waals surface area contributed by atoms with E-state index in [9.17, 15) is 13.6 Å². The molecule has 0 aliphatic carbocycles. The minimum atomic E-state index is -2.69. The Morgan fingerprint density at radius 3 is 2.50 bits per heavy atom. The Morgan fingerprint density at radius 2 is 2.06 bits per heavy atom. The molecule has 0 amide bonds. The molecule has 16 heavy (non-hydrogen) atoms. The van der Waals surface area contributed by atoms with Crippen LogP contribution in [0.3, 0.4) is 0 Å². The van der Waals surface area contributed by atoms with Crippen LogP contribution < -0.4 is 5.73 Å². The zero-order chi connectivity index (χ0) is 12.3. The maximum absolute atomic E-state index is 12.7. The van der Waals surface area contributed by atoms with E-state index in [1.165, 1.54) is 18.2 Å². The Balaban J connectivity index is 3.27. The van der Waals surface area contributed by atoms with Gasteiger partial charge in [-0.3, -0.25) is 4.79 Å². The molecule has 5 heteroatoms. The standard InChI is InChI=1S/C11H13F2NO2/c1-6-2-3-7(10(12)13)8(4-6)9(5-14)11(15)16/h2-4,9-10H,5,14H2,1H3,(H,15,16). The van der Waals surface area contributed by atoms with E-state index in [4.69, 9.17) is 10.8 Å². The first-order chi connectivity index (χ1) is 7.47. The molecule has 0 saturated heterocycles. The van der Waals surface area contributed by atoms with Gasteiger partial charge in [-0.05, 0) is 12.5 Å². The Kier molecular flexibility index (Phi) is 3.95. The van der Waals surface area contributed by atoms with Gasteiger partial charge in [0.25, 0.3) is 6.43 Å². The van der Waals surface area contributed by atoms with Crippen molar-refractivity contribution < 1.29 is 18.7 Å². The van der Waals surface area contributed by atoms with Crippen molar-refractivity contribution in [2.24, 2.45) is 5.73 Å². The Hall–Kier alpha value is -1.49. The lowest BCUT2D eigenvalue weighted by molar-refractivity contribution is -0.138. The predicted octanol–water partition coefficient (Wildman–Crippen LogP) is 2.06. The Morgan fingerprint density at radius 1 is 1.44 bits per heavy atom. The summed E-state index contributed by atoms with van der Waals surface area (Å²) in [5, 5.41) is 8.90. The molecule has 0 bridgehead atoms. The Labute approximate surface area is 91.9 Å². The number of carboxylic acids is 1. The van der Waals surface area contributed by atoms with Crippen LogP contribution in [0.5, 0.6) is 0 Å². The monoisotopic (exact) mass is 229 g/mol. The summed E-state index contributed by atoms with van der Waals surface area (Å²) in [5.41, 5.74) is 5.88. The summed E-state index contributed by atoms with van der Waals surface area (Å²) < 4.78 is 25.4. The molecule has 1 atom stereocenters. The van der Waals surface area contributed by atoms with Gasteiger partial charge in [0.2, 0.25) is 0 Å². The number of rotatable bonds is 4. The van der Waals surface area contributed by atoms with Crippen LogP contribution in [0.4, 0.5) is 8.78 Å². The zero-order valence-electron chi connectivity index (χ0n) is 8.78. The molecular formula is C11H13F2NO2. The van der Waals surface area contributed by atoms with Crippen molar-refractivity contribution in [3.8, 4) is 0 Å². The SMILES string of the molecule is Cc1ccc(C(F)F)c(C(CN)C(=O)O)c1. The van der Waals surface area contributed by atoms with Gasteiger partial charge in [0.05, 0.1) is 5.92 Å². The first-order valence-corrected chi connectivity index (χ1v) is 4.78. The van der Waals surface area contributed by atoms with Crippen molar-refractivity contribution in [2.75, 3.05) is 6.54 Å². The highest BCUT2D eigenvalue weighted by molar-refractivity contribution is 5.77. The van der Waals surface area contributed by atoms with Crippen molar-refractivity contribution in [2.45, 2.75) is 19.3 Å². The van der Waals surface area contributed by atoms with E-state index < -0.39 is 18.3 Å². The van der Waals surface area contributed by atoms with Gasteiger partial charge in [-0.15, -0.1) is 0 Å². The number of carbonyl (C=O) groups is 1. The van der Waals surface area contributed by atoms with Crippen LogP contribution in [0.25, 0.3) is 0 Å². The van der Waals surface area contributed by atoms with E-state index in [1.807, 2.05) is 0 Å². The minimum Gasteiger partial charge on any atom is -0.481 e. The average Bonchev–Trinajstić information content (AvgIpc) is 2.17. The molecule has 3 N–H and O–H groups in total. The number of hydrogen-bond donors (Lipinski definition) is 2. The van der Waals surface area contributed by atoms with Crippen LogP contribution in [-0.4, -0.2) is 17.6 Å². The van der Waals surface area contributed by atoms with Gasteiger partial charge < -0.3 is 10.8 Å². The molecule has 0 fully saturated rings. The van der Waals surface area contributed by atoms with Crippen LogP contribution in [0.15, 0.2) is 18.2 Å². The van der Waals surface area contributed by atoms with Crippen LogP contribution in [0, 0.1) is 6.92 Å². The smallest absolute Gasteiger partial charge is 0.312 e. The van der Waals surface area contributed by atoms with E-state index in [-0.39, 0.29) is 17.7 Å². The maximum Gasteiger partial charge on any atom is 0.312 e. The van der Waals surface area contributed by atoms with Crippen molar-refractivity contribution in [1.29, 1.82) is 0 Å². The number of alkyl halides is 2. The van der Waals surface area contributed by atoms with Gasteiger partial charge in [0, 0.05) is 12.1 Å². The fourth-order valence-corrected chi connectivity index (χ4v) is 1.56. The van der Waals surface area contributed by atoms with E-state index in [2.05, 4.69) is 0 Å². The Bertz CT molecular complexity index is 394. The lowest BCUT2D eigenvalue weighted by atomic mass is 9.93. The minimum absolute atomic E-state index is 0.102. The van der Waals surface area contributed by atoms with Gasteiger partial charge in [0.1, 0.15) is 0 Å². The summed E-state index contributed by atoms with van der Waals surface area (Å²) in [6, 6.07) is 4.23. The van der Waals surface area contributed by atoms with Crippen molar-refractivity contribution in [3.05, 3.63) is 34.9 Å². The molecule has 88 valence electrons. The number of benzene rings is 1.